The normalized spacial score (nSPS) is 19.9. The fourth-order valence-corrected chi connectivity index (χ4v) is 2.58. The van der Waals surface area contributed by atoms with Crippen molar-refractivity contribution in [2.45, 2.75) is 25.3 Å². The van der Waals surface area contributed by atoms with Gasteiger partial charge in [0.2, 0.25) is 5.91 Å². The predicted molar refractivity (Wildman–Crippen MR) is 76.2 cm³/mol. The van der Waals surface area contributed by atoms with E-state index in [2.05, 4.69) is 6.58 Å². The van der Waals surface area contributed by atoms with Gasteiger partial charge in [-0.3, -0.25) is 4.79 Å². The number of amides is 1. The van der Waals surface area contributed by atoms with Gasteiger partial charge in [0.25, 0.3) is 0 Å². The van der Waals surface area contributed by atoms with E-state index in [0.717, 1.165) is 5.56 Å². The van der Waals surface area contributed by atoms with Crippen LogP contribution in [0.5, 0.6) is 0 Å². The van der Waals surface area contributed by atoms with Gasteiger partial charge in [0, 0.05) is 18.9 Å². The van der Waals surface area contributed by atoms with Crippen molar-refractivity contribution in [3.05, 3.63) is 48.6 Å². The molecule has 0 spiro atoms. The van der Waals surface area contributed by atoms with Crippen LogP contribution in [0.15, 0.2) is 43.0 Å². The number of hydrogen-bond donors (Lipinski definition) is 1. The quantitative estimate of drug-likeness (QED) is 0.808. The first-order chi connectivity index (χ1) is 9.61. The number of nitrogens with zero attached hydrogens (tertiary/aromatic N) is 1. The third-order valence-corrected chi connectivity index (χ3v) is 3.73. The highest BCUT2D eigenvalue weighted by Crippen LogP contribution is 2.23. The highest BCUT2D eigenvalue weighted by molar-refractivity contribution is 5.85. The first-order valence-corrected chi connectivity index (χ1v) is 6.80. The average molecular weight is 273 g/mol. The molecule has 1 aliphatic heterocycles. The zero-order valence-electron chi connectivity index (χ0n) is 11.4. The summed E-state index contributed by atoms with van der Waals surface area (Å²) in [7, 11) is 0. The lowest BCUT2D eigenvalue weighted by Crippen LogP contribution is -2.42. The Morgan fingerprint density at radius 2 is 2.15 bits per heavy atom. The maximum atomic E-state index is 11.9. The van der Waals surface area contributed by atoms with E-state index >= 15 is 0 Å². The fraction of sp³-hybridized carbons (Fsp3) is 0.375. The molecule has 1 aromatic rings. The summed E-state index contributed by atoms with van der Waals surface area (Å²) < 4.78 is 0. The topological polar surface area (TPSA) is 57.6 Å². The molecule has 0 bridgehead atoms. The van der Waals surface area contributed by atoms with Crippen LogP contribution in [0.3, 0.4) is 0 Å². The maximum absolute atomic E-state index is 11.9. The molecule has 106 valence electrons. The van der Waals surface area contributed by atoms with Crippen LogP contribution < -0.4 is 0 Å². The first-order valence-electron chi connectivity index (χ1n) is 6.80. The molecular formula is C16H19NO3. The highest BCUT2D eigenvalue weighted by Gasteiger charge is 2.36. The molecule has 1 aliphatic rings. The Morgan fingerprint density at radius 1 is 1.45 bits per heavy atom. The average Bonchev–Trinajstić information content (AvgIpc) is 2.81. The number of rotatable bonds is 6. The van der Waals surface area contributed by atoms with Crippen molar-refractivity contribution in [2.75, 3.05) is 6.54 Å². The third kappa shape index (κ3) is 3.26. The van der Waals surface area contributed by atoms with Crippen LogP contribution in [0.2, 0.25) is 0 Å². The lowest BCUT2D eigenvalue weighted by Gasteiger charge is -2.24. The molecule has 4 heteroatoms. The van der Waals surface area contributed by atoms with Crippen LogP contribution in [0.25, 0.3) is 0 Å². The minimum Gasteiger partial charge on any atom is -0.480 e. The number of carboxylic acid groups (broad SMARTS) is 1. The van der Waals surface area contributed by atoms with E-state index in [9.17, 15) is 14.7 Å². The van der Waals surface area contributed by atoms with Gasteiger partial charge in [0.05, 0.1) is 0 Å². The minimum absolute atomic E-state index is 0.0704. The Balaban J connectivity index is 2.02. The largest absolute Gasteiger partial charge is 0.480 e. The highest BCUT2D eigenvalue weighted by atomic mass is 16.4. The molecule has 1 saturated heterocycles. The number of carbonyl (C=O) groups is 2. The van der Waals surface area contributed by atoms with Gasteiger partial charge >= 0.3 is 5.97 Å². The number of carbonyl (C=O) groups excluding carboxylic acids is 1. The Kier molecular flexibility index (Phi) is 4.56. The molecule has 2 unspecified atom stereocenters. The molecule has 0 aromatic heterocycles. The first kappa shape index (κ1) is 14.3. The Bertz CT molecular complexity index is 498. The van der Waals surface area contributed by atoms with E-state index in [4.69, 9.17) is 0 Å². The lowest BCUT2D eigenvalue weighted by atomic mass is 10.0. The van der Waals surface area contributed by atoms with Crippen LogP contribution in [0.4, 0.5) is 0 Å². The van der Waals surface area contributed by atoms with Crippen LogP contribution in [-0.2, 0) is 16.0 Å². The van der Waals surface area contributed by atoms with Crippen molar-refractivity contribution in [1.82, 2.24) is 4.90 Å². The second-order valence-electron chi connectivity index (χ2n) is 5.12. The van der Waals surface area contributed by atoms with Gasteiger partial charge in [-0.25, -0.2) is 4.79 Å². The molecule has 1 fully saturated rings. The summed E-state index contributed by atoms with van der Waals surface area (Å²) in [4.78, 5) is 24.8. The van der Waals surface area contributed by atoms with Crippen molar-refractivity contribution in [1.29, 1.82) is 0 Å². The molecule has 2 atom stereocenters. The minimum atomic E-state index is -0.931. The zero-order chi connectivity index (χ0) is 14.5. The summed E-state index contributed by atoms with van der Waals surface area (Å²) in [6.07, 6.45) is 3.20. The molecule has 2 rings (SSSR count). The number of aryl methyl sites for hydroxylation is 1. The third-order valence-electron chi connectivity index (χ3n) is 3.73. The van der Waals surface area contributed by atoms with E-state index in [-0.39, 0.29) is 11.8 Å². The molecule has 0 radical (unpaired) electrons. The second-order valence-corrected chi connectivity index (χ2v) is 5.12. The van der Waals surface area contributed by atoms with Crippen LogP contribution in [-0.4, -0.2) is 34.5 Å². The summed E-state index contributed by atoms with van der Waals surface area (Å²) in [5, 5.41) is 9.37. The number of benzene rings is 1. The van der Waals surface area contributed by atoms with E-state index in [1.54, 1.807) is 6.08 Å². The Labute approximate surface area is 118 Å². The molecular weight excluding hydrogens is 254 g/mol. The maximum Gasteiger partial charge on any atom is 0.326 e. The SMILES string of the molecule is C=CC1CC(=O)N(C(CCc2ccccc2)C(=O)O)C1. The molecule has 0 saturated carbocycles. The Morgan fingerprint density at radius 3 is 2.70 bits per heavy atom. The molecule has 4 nitrogen and oxygen atoms in total. The predicted octanol–water partition coefficient (Wildman–Crippen LogP) is 2.11. The van der Waals surface area contributed by atoms with Crippen LogP contribution in [0.1, 0.15) is 18.4 Å². The van der Waals surface area contributed by atoms with E-state index in [0.29, 0.717) is 25.8 Å². The molecule has 0 aliphatic carbocycles. The smallest absolute Gasteiger partial charge is 0.326 e. The van der Waals surface area contributed by atoms with Gasteiger partial charge in [0.1, 0.15) is 6.04 Å². The summed E-state index contributed by atoms with van der Waals surface area (Å²) in [5.41, 5.74) is 1.09. The molecule has 1 heterocycles. The van der Waals surface area contributed by atoms with Gasteiger partial charge in [-0.15, -0.1) is 6.58 Å². The monoisotopic (exact) mass is 273 g/mol. The van der Waals surface area contributed by atoms with E-state index in [1.807, 2.05) is 30.3 Å². The summed E-state index contributed by atoms with van der Waals surface area (Å²) >= 11 is 0. The van der Waals surface area contributed by atoms with E-state index < -0.39 is 12.0 Å². The molecule has 1 amide bonds. The van der Waals surface area contributed by atoms with Crippen molar-refractivity contribution < 1.29 is 14.7 Å². The van der Waals surface area contributed by atoms with Crippen LogP contribution in [0, 0.1) is 5.92 Å². The van der Waals surface area contributed by atoms with E-state index in [1.165, 1.54) is 4.90 Å². The lowest BCUT2D eigenvalue weighted by molar-refractivity contribution is -0.148. The van der Waals surface area contributed by atoms with Gasteiger partial charge in [-0.1, -0.05) is 36.4 Å². The standard InChI is InChI=1S/C16H19NO3/c1-2-12-10-15(18)17(11-12)14(16(19)20)9-8-13-6-4-3-5-7-13/h2-7,12,14H,1,8-11H2,(H,19,20). The van der Waals surface area contributed by atoms with Gasteiger partial charge in [-0.2, -0.15) is 0 Å². The van der Waals surface area contributed by atoms with Gasteiger partial charge in [0.15, 0.2) is 0 Å². The second kappa shape index (κ2) is 6.37. The van der Waals surface area contributed by atoms with Crippen LogP contribution >= 0.6 is 0 Å². The summed E-state index contributed by atoms with van der Waals surface area (Å²) in [5.74, 6) is -0.949. The number of carboxylic acids is 1. The fourth-order valence-electron chi connectivity index (χ4n) is 2.58. The Hall–Kier alpha value is -2.10. The summed E-state index contributed by atoms with van der Waals surface area (Å²) in [6, 6.07) is 8.98. The van der Waals surface area contributed by atoms with Gasteiger partial charge in [-0.05, 0) is 18.4 Å². The van der Waals surface area contributed by atoms with Crippen molar-refractivity contribution in [3.8, 4) is 0 Å². The summed E-state index contributed by atoms with van der Waals surface area (Å²) in [6.45, 7) is 4.15. The number of likely N-dealkylation sites (tertiary alicyclic amines) is 1. The number of hydrogen-bond acceptors (Lipinski definition) is 2. The molecule has 1 N–H and O–H groups in total. The number of aliphatic carboxylic acids is 1. The van der Waals surface area contributed by atoms with Gasteiger partial charge < -0.3 is 10.0 Å². The van der Waals surface area contributed by atoms with Crippen molar-refractivity contribution >= 4 is 11.9 Å². The zero-order valence-corrected chi connectivity index (χ0v) is 11.4. The molecule has 20 heavy (non-hydrogen) atoms. The van der Waals surface area contributed by atoms with Crippen molar-refractivity contribution in [2.24, 2.45) is 5.92 Å². The van der Waals surface area contributed by atoms with Crippen molar-refractivity contribution in [3.63, 3.8) is 0 Å². The molecule has 1 aromatic carbocycles.